The first-order valence-corrected chi connectivity index (χ1v) is 8.36. The molecule has 0 saturated carbocycles. The maximum Gasteiger partial charge on any atom is 0.191 e. The van der Waals surface area contributed by atoms with Crippen molar-refractivity contribution >= 4 is 23.1 Å². The van der Waals surface area contributed by atoms with Crippen LogP contribution in [0.25, 0.3) is 10.6 Å². The van der Waals surface area contributed by atoms with Gasteiger partial charge in [-0.15, -0.1) is 21.5 Å². The molecule has 22 heavy (non-hydrogen) atoms. The van der Waals surface area contributed by atoms with Crippen LogP contribution in [0, 0.1) is 5.82 Å². The fourth-order valence-corrected chi connectivity index (χ4v) is 3.60. The maximum absolute atomic E-state index is 12.9. The number of hydrogen-bond acceptors (Lipinski definition) is 6. The molecule has 114 valence electrons. The fraction of sp³-hybridized carbons (Fsp3) is 0.214. The van der Waals surface area contributed by atoms with E-state index in [4.69, 9.17) is 5.11 Å². The zero-order valence-corrected chi connectivity index (χ0v) is 13.4. The van der Waals surface area contributed by atoms with Crippen LogP contribution in [0.1, 0.15) is 11.5 Å². The molecule has 1 aromatic carbocycles. The molecule has 0 unspecified atom stereocenters. The van der Waals surface area contributed by atoms with Crippen molar-refractivity contribution in [2.75, 3.05) is 0 Å². The summed E-state index contributed by atoms with van der Waals surface area (Å²) < 4.78 is 14.7. The Hall–Kier alpha value is -1.77. The highest BCUT2D eigenvalue weighted by Gasteiger charge is 2.10. The molecule has 0 saturated heterocycles. The molecule has 8 heteroatoms. The lowest BCUT2D eigenvalue weighted by Gasteiger charge is -2.00. The van der Waals surface area contributed by atoms with E-state index in [9.17, 15) is 4.39 Å². The number of halogens is 1. The Balaban J connectivity index is 1.69. The van der Waals surface area contributed by atoms with Crippen LogP contribution in [-0.4, -0.2) is 24.9 Å². The molecule has 0 aliphatic heterocycles. The van der Waals surface area contributed by atoms with Crippen molar-refractivity contribution in [1.29, 1.82) is 0 Å². The molecule has 5 nitrogen and oxygen atoms in total. The number of nitrogens with zero attached hydrogens (tertiary/aromatic N) is 4. The molecule has 2 heterocycles. The third-order valence-corrected chi connectivity index (χ3v) is 5.05. The Morgan fingerprint density at radius 3 is 2.73 bits per heavy atom. The first kappa shape index (κ1) is 15.1. The topological polar surface area (TPSA) is 63.8 Å². The van der Waals surface area contributed by atoms with E-state index >= 15 is 0 Å². The molecule has 1 N–H and O–H groups in total. The van der Waals surface area contributed by atoms with Crippen molar-refractivity contribution in [3.63, 3.8) is 0 Å². The Morgan fingerprint density at radius 2 is 2.05 bits per heavy atom. The lowest BCUT2D eigenvalue weighted by Crippen LogP contribution is -1.98. The van der Waals surface area contributed by atoms with Gasteiger partial charge in [0, 0.05) is 23.7 Å². The molecule has 0 atom stereocenters. The number of hydrogen-bond donors (Lipinski definition) is 1. The van der Waals surface area contributed by atoms with E-state index in [-0.39, 0.29) is 12.4 Å². The Morgan fingerprint density at radius 1 is 1.27 bits per heavy atom. The molecule has 0 fully saturated rings. The van der Waals surface area contributed by atoms with E-state index in [1.165, 1.54) is 35.2 Å². The molecule has 0 bridgehead atoms. The number of thioether (sulfide) groups is 1. The second-order valence-electron chi connectivity index (χ2n) is 4.56. The van der Waals surface area contributed by atoms with Gasteiger partial charge in [0.1, 0.15) is 17.4 Å². The van der Waals surface area contributed by atoms with E-state index in [2.05, 4.69) is 15.2 Å². The molecule has 3 rings (SSSR count). The third kappa shape index (κ3) is 3.18. The molecular weight excluding hydrogens is 323 g/mol. The quantitative estimate of drug-likeness (QED) is 0.726. The molecule has 0 aliphatic carbocycles. The Bertz CT molecular complexity index is 770. The summed E-state index contributed by atoms with van der Waals surface area (Å²) in [6, 6.07) is 6.31. The van der Waals surface area contributed by atoms with Gasteiger partial charge in [0.25, 0.3) is 0 Å². The predicted octanol–water partition coefficient (Wildman–Crippen LogP) is 2.86. The largest absolute Gasteiger partial charge is 0.388 e. The molecule has 0 amide bonds. The second-order valence-corrected chi connectivity index (χ2v) is 6.36. The van der Waals surface area contributed by atoms with Gasteiger partial charge in [-0.3, -0.25) is 0 Å². The number of thiazole rings is 1. The van der Waals surface area contributed by atoms with Crippen LogP contribution in [0.15, 0.2) is 34.8 Å². The van der Waals surface area contributed by atoms with Gasteiger partial charge in [0.2, 0.25) is 0 Å². The summed E-state index contributed by atoms with van der Waals surface area (Å²) in [7, 11) is 1.82. The van der Waals surface area contributed by atoms with E-state index in [1.807, 2.05) is 12.4 Å². The third-order valence-electron chi connectivity index (χ3n) is 3.06. The van der Waals surface area contributed by atoms with Crippen LogP contribution in [0.3, 0.4) is 0 Å². The van der Waals surface area contributed by atoms with Crippen molar-refractivity contribution in [2.24, 2.45) is 7.05 Å². The highest BCUT2D eigenvalue weighted by Crippen LogP contribution is 2.27. The van der Waals surface area contributed by atoms with Gasteiger partial charge in [-0.25, -0.2) is 9.37 Å². The SMILES string of the molecule is Cn1c(CO)nnc1SCc1csc(-c2ccc(F)cc2)n1. The van der Waals surface area contributed by atoms with Crippen molar-refractivity contribution in [2.45, 2.75) is 17.5 Å². The van der Waals surface area contributed by atoms with Crippen LogP contribution in [-0.2, 0) is 19.4 Å². The summed E-state index contributed by atoms with van der Waals surface area (Å²) in [4.78, 5) is 4.55. The lowest BCUT2D eigenvalue weighted by atomic mass is 10.2. The van der Waals surface area contributed by atoms with Crippen molar-refractivity contribution in [3.8, 4) is 10.6 Å². The van der Waals surface area contributed by atoms with Crippen LogP contribution in [0.2, 0.25) is 0 Å². The molecular formula is C14H13FN4OS2. The molecule has 3 aromatic rings. The van der Waals surface area contributed by atoms with Gasteiger partial charge in [0.15, 0.2) is 11.0 Å². The molecule has 0 aliphatic rings. The number of aliphatic hydroxyl groups is 1. The lowest BCUT2D eigenvalue weighted by molar-refractivity contribution is 0.266. The first-order valence-electron chi connectivity index (χ1n) is 6.49. The van der Waals surface area contributed by atoms with Crippen LogP contribution >= 0.6 is 23.1 Å². The number of aliphatic hydroxyl groups excluding tert-OH is 1. The number of aromatic nitrogens is 4. The number of benzene rings is 1. The van der Waals surface area contributed by atoms with Gasteiger partial charge >= 0.3 is 0 Å². The van der Waals surface area contributed by atoms with Gasteiger partial charge < -0.3 is 9.67 Å². The molecule has 0 spiro atoms. The Kier molecular flexibility index (Phi) is 4.51. The molecule has 0 radical (unpaired) electrons. The van der Waals surface area contributed by atoms with Crippen LogP contribution < -0.4 is 0 Å². The van der Waals surface area contributed by atoms with Crippen molar-refractivity contribution in [3.05, 3.63) is 47.0 Å². The standard InChI is InChI=1S/C14H13FN4OS2/c1-19-12(6-20)17-18-14(19)22-8-11-7-21-13(16-11)9-2-4-10(15)5-3-9/h2-5,7,20H,6,8H2,1H3. The Labute approximate surface area is 134 Å². The molecule has 2 aromatic heterocycles. The minimum Gasteiger partial charge on any atom is -0.388 e. The average Bonchev–Trinajstić information content (AvgIpc) is 3.13. The maximum atomic E-state index is 12.9. The summed E-state index contributed by atoms with van der Waals surface area (Å²) >= 11 is 3.04. The summed E-state index contributed by atoms with van der Waals surface area (Å²) in [5, 5.41) is 20.6. The van der Waals surface area contributed by atoms with Crippen molar-refractivity contribution in [1.82, 2.24) is 19.7 Å². The second kappa shape index (κ2) is 6.55. The van der Waals surface area contributed by atoms with E-state index < -0.39 is 0 Å². The monoisotopic (exact) mass is 336 g/mol. The normalized spacial score (nSPS) is 11.0. The van der Waals surface area contributed by atoms with Gasteiger partial charge in [-0.1, -0.05) is 11.8 Å². The van der Waals surface area contributed by atoms with Gasteiger partial charge in [-0.2, -0.15) is 0 Å². The van der Waals surface area contributed by atoms with E-state index in [0.717, 1.165) is 21.4 Å². The average molecular weight is 336 g/mol. The van der Waals surface area contributed by atoms with Crippen molar-refractivity contribution < 1.29 is 9.50 Å². The highest BCUT2D eigenvalue weighted by atomic mass is 32.2. The highest BCUT2D eigenvalue weighted by molar-refractivity contribution is 7.98. The summed E-state index contributed by atoms with van der Waals surface area (Å²) in [6.45, 7) is -0.129. The minimum absolute atomic E-state index is 0.129. The minimum atomic E-state index is -0.252. The first-order chi connectivity index (χ1) is 10.7. The van der Waals surface area contributed by atoms with Crippen LogP contribution in [0.4, 0.5) is 4.39 Å². The zero-order chi connectivity index (χ0) is 15.5. The summed E-state index contributed by atoms with van der Waals surface area (Å²) in [5.74, 6) is 0.945. The summed E-state index contributed by atoms with van der Waals surface area (Å²) in [6.07, 6.45) is 0. The summed E-state index contributed by atoms with van der Waals surface area (Å²) in [5.41, 5.74) is 1.84. The van der Waals surface area contributed by atoms with Gasteiger partial charge in [0.05, 0.1) is 5.69 Å². The van der Waals surface area contributed by atoms with E-state index in [1.54, 1.807) is 16.7 Å². The number of rotatable bonds is 5. The van der Waals surface area contributed by atoms with Gasteiger partial charge in [-0.05, 0) is 24.3 Å². The smallest absolute Gasteiger partial charge is 0.191 e. The predicted molar refractivity (Wildman–Crippen MR) is 84.0 cm³/mol. The fourth-order valence-electron chi connectivity index (χ4n) is 1.85. The van der Waals surface area contributed by atoms with Crippen LogP contribution in [0.5, 0.6) is 0 Å². The zero-order valence-electron chi connectivity index (χ0n) is 11.7. The van der Waals surface area contributed by atoms with E-state index in [0.29, 0.717) is 11.6 Å².